The molecule has 0 unspecified atom stereocenters. The van der Waals surface area contributed by atoms with Crippen LogP contribution in [0.15, 0.2) is 0 Å². The minimum Gasteiger partial charge on any atom is -0.675 e. The molecule has 0 bridgehead atoms. The molecule has 11 heavy (non-hydrogen) atoms. The van der Waals surface area contributed by atoms with E-state index in [4.69, 9.17) is 5.73 Å². The summed E-state index contributed by atoms with van der Waals surface area (Å²) in [6.07, 6.45) is 3.85. The summed E-state index contributed by atoms with van der Waals surface area (Å²) >= 11 is 0. The molecule has 1 saturated carbocycles. The third kappa shape index (κ3) is 3.85. The summed E-state index contributed by atoms with van der Waals surface area (Å²) in [4.78, 5) is 0. The van der Waals surface area contributed by atoms with Crippen LogP contribution in [0.3, 0.4) is 0 Å². The van der Waals surface area contributed by atoms with Crippen molar-refractivity contribution in [1.82, 2.24) is 0 Å². The molecule has 0 radical (unpaired) electrons. The molecule has 0 spiro atoms. The van der Waals surface area contributed by atoms with Gasteiger partial charge >= 0.3 is 51.4 Å². The second-order valence-electron chi connectivity index (χ2n) is 3.58. The maximum atomic E-state index is 9.61. The number of aliphatic hydroxyl groups is 1. The second kappa shape index (κ2) is 5.32. The van der Waals surface area contributed by atoms with Gasteiger partial charge in [0.2, 0.25) is 0 Å². The van der Waals surface area contributed by atoms with E-state index < -0.39 is 5.60 Å². The summed E-state index contributed by atoms with van der Waals surface area (Å²) in [6, 6.07) is 0. The van der Waals surface area contributed by atoms with Crippen LogP contribution in [0.5, 0.6) is 0 Å². The summed E-state index contributed by atoms with van der Waals surface area (Å²) in [7, 11) is 0. The van der Waals surface area contributed by atoms with Crippen molar-refractivity contribution >= 4 is 0 Å². The maximum absolute atomic E-state index is 9.61. The molecule has 0 atom stereocenters. The first-order chi connectivity index (χ1) is 4.66. The molecule has 1 aliphatic rings. The first-order valence-electron chi connectivity index (χ1n) is 4.03. The van der Waals surface area contributed by atoms with Crippen LogP contribution in [0, 0.1) is 5.92 Å². The summed E-state index contributed by atoms with van der Waals surface area (Å²) in [5, 5.41) is 9.61. The van der Waals surface area contributed by atoms with Crippen molar-refractivity contribution in [1.29, 1.82) is 0 Å². The van der Waals surface area contributed by atoms with Gasteiger partial charge in [-0.2, -0.15) is 0 Å². The van der Waals surface area contributed by atoms with Crippen molar-refractivity contribution in [3.8, 4) is 0 Å². The molecular formula is C8H16KNO. The van der Waals surface area contributed by atoms with Crippen LogP contribution in [0.1, 0.15) is 32.6 Å². The number of rotatable bonds is 1. The Morgan fingerprint density at radius 2 is 1.91 bits per heavy atom. The molecular weight excluding hydrogens is 165 g/mol. The zero-order chi connectivity index (χ0) is 7.61. The van der Waals surface area contributed by atoms with E-state index in [9.17, 15) is 5.11 Å². The monoisotopic (exact) mass is 181 g/mol. The molecule has 0 aliphatic heterocycles. The van der Waals surface area contributed by atoms with Crippen LogP contribution in [0.2, 0.25) is 0 Å². The van der Waals surface area contributed by atoms with Gasteiger partial charge in [-0.3, -0.25) is 0 Å². The molecule has 3 heteroatoms. The van der Waals surface area contributed by atoms with E-state index in [-0.39, 0.29) is 57.9 Å². The average Bonchev–Trinajstić information content (AvgIpc) is 1.96. The fourth-order valence-electron chi connectivity index (χ4n) is 1.48. The van der Waals surface area contributed by atoms with Crippen LogP contribution >= 0.6 is 0 Å². The summed E-state index contributed by atoms with van der Waals surface area (Å²) in [5.74, 6) is 0.756. The van der Waals surface area contributed by atoms with Crippen molar-refractivity contribution in [2.45, 2.75) is 38.2 Å². The number of nitrogens with one attached hydrogen (secondary N) is 1. The Kier molecular flexibility index (Phi) is 6.07. The first-order valence-corrected chi connectivity index (χ1v) is 4.03. The molecule has 1 aliphatic carbocycles. The van der Waals surface area contributed by atoms with Crippen LogP contribution in [-0.4, -0.2) is 17.3 Å². The van der Waals surface area contributed by atoms with E-state index in [1.54, 1.807) is 0 Å². The van der Waals surface area contributed by atoms with Gasteiger partial charge in [0.15, 0.2) is 0 Å². The van der Waals surface area contributed by atoms with Crippen LogP contribution in [-0.2, 0) is 0 Å². The quantitative estimate of drug-likeness (QED) is 0.517. The molecule has 1 fully saturated rings. The van der Waals surface area contributed by atoms with E-state index >= 15 is 0 Å². The third-order valence-electron chi connectivity index (χ3n) is 2.53. The van der Waals surface area contributed by atoms with E-state index in [0.717, 1.165) is 31.6 Å². The first kappa shape index (κ1) is 12.6. The normalized spacial score (nSPS) is 37.9. The smallest absolute Gasteiger partial charge is 0.675 e. The van der Waals surface area contributed by atoms with Crippen molar-refractivity contribution in [3.63, 3.8) is 0 Å². The summed E-state index contributed by atoms with van der Waals surface area (Å²) in [5.41, 5.74) is 6.48. The van der Waals surface area contributed by atoms with Crippen LogP contribution in [0.4, 0.5) is 0 Å². The van der Waals surface area contributed by atoms with Crippen molar-refractivity contribution in [3.05, 3.63) is 5.73 Å². The van der Waals surface area contributed by atoms with Crippen LogP contribution < -0.4 is 51.4 Å². The summed E-state index contributed by atoms with van der Waals surface area (Å²) < 4.78 is 0. The van der Waals surface area contributed by atoms with Gasteiger partial charge in [-0.15, -0.1) is 6.54 Å². The topological polar surface area (TPSA) is 44.0 Å². The molecule has 0 heterocycles. The van der Waals surface area contributed by atoms with Gasteiger partial charge in [-0.05, 0) is 31.6 Å². The minimum absolute atomic E-state index is 0. The molecule has 0 aromatic rings. The Labute approximate surface area is 111 Å². The Balaban J connectivity index is 0.000001000. The third-order valence-corrected chi connectivity index (χ3v) is 2.53. The van der Waals surface area contributed by atoms with Gasteiger partial charge < -0.3 is 10.8 Å². The van der Waals surface area contributed by atoms with E-state index in [2.05, 4.69) is 6.92 Å². The largest absolute Gasteiger partial charge is 1.00 e. The molecule has 0 aromatic heterocycles. The SMILES string of the molecule is CC1CCC(O)(C[NH-])CC1.[K+]. The van der Waals surface area contributed by atoms with Gasteiger partial charge in [0, 0.05) is 5.60 Å². The fraction of sp³-hybridized carbons (Fsp3) is 1.00. The molecule has 0 saturated heterocycles. The molecule has 0 aromatic carbocycles. The second-order valence-corrected chi connectivity index (χ2v) is 3.58. The van der Waals surface area contributed by atoms with Gasteiger partial charge in [0.25, 0.3) is 0 Å². The van der Waals surface area contributed by atoms with Gasteiger partial charge in [0.1, 0.15) is 0 Å². The maximum Gasteiger partial charge on any atom is 1.00 e. The van der Waals surface area contributed by atoms with E-state index in [1.807, 2.05) is 0 Å². The van der Waals surface area contributed by atoms with Gasteiger partial charge in [-0.1, -0.05) is 6.92 Å². The summed E-state index contributed by atoms with van der Waals surface area (Å²) in [6.45, 7) is 2.39. The van der Waals surface area contributed by atoms with E-state index in [1.165, 1.54) is 0 Å². The predicted octanol–water partition coefficient (Wildman–Crippen LogP) is -1.02. The fourth-order valence-corrected chi connectivity index (χ4v) is 1.48. The molecule has 2 nitrogen and oxygen atoms in total. The molecule has 1 rings (SSSR count). The minimum atomic E-state index is -0.632. The van der Waals surface area contributed by atoms with Crippen LogP contribution in [0.25, 0.3) is 5.73 Å². The number of hydrogen-bond acceptors (Lipinski definition) is 1. The zero-order valence-electron chi connectivity index (χ0n) is 7.56. The standard InChI is InChI=1S/C8H16NO.K/c1-7-2-4-8(10,6-9)5-3-7;/h7,9-10H,2-6H2,1H3;/q-1;+1. The van der Waals surface area contributed by atoms with E-state index in [0.29, 0.717) is 0 Å². The Morgan fingerprint density at radius 1 is 1.45 bits per heavy atom. The Hall–Kier alpha value is 1.56. The molecule has 2 N–H and O–H groups in total. The average molecular weight is 181 g/mol. The Bertz CT molecular complexity index is 111. The van der Waals surface area contributed by atoms with Crippen molar-refractivity contribution in [2.75, 3.05) is 6.54 Å². The number of hydrogen-bond donors (Lipinski definition) is 1. The van der Waals surface area contributed by atoms with Crippen molar-refractivity contribution in [2.24, 2.45) is 5.92 Å². The van der Waals surface area contributed by atoms with Gasteiger partial charge in [-0.25, -0.2) is 0 Å². The molecule has 60 valence electrons. The van der Waals surface area contributed by atoms with Crippen molar-refractivity contribution < 1.29 is 56.5 Å². The zero-order valence-corrected chi connectivity index (χ0v) is 10.7. The molecule has 0 amide bonds. The van der Waals surface area contributed by atoms with Gasteiger partial charge in [0.05, 0.1) is 0 Å². The predicted molar refractivity (Wildman–Crippen MR) is 41.8 cm³/mol. The Morgan fingerprint density at radius 3 is 2.27 bits per heavy atom.